The lowest BCUT2D eigenvalue weighted by Crippen LogP contribution is -2.38. The Bertz CT molecular complexity index is 727. The van der Waals surface area contributed by atoms with Crippen LogP contribution in [0.25, 0.3) is 0 Å². The van der Waals surface area contributed by atoms with Crippen molar-refractivity contribution in [1.29, 1.82) is 0 Å². The molecule has 2 aromatic rings. The Morgan fingerprint density at radius 1 is 1.15 bits per heavy atom. The maximum atomic E-state index is 13.0. The number of carbonyl (C=O) groups excluding carboxylic acids is 1. The van der Waals surface area contributed by atoms with Crippen molar-refractivity contribution in [2.24, 2.45) is 0 Å². The number of rotatable bonds is 4. The number of nitrogens with one attached hydrogen (secondary N) is 1. The molecule has 0 unspecified atom stereocenters. The van der Waals surface area contributed by atoms with E-state index in [1.807, 2.05) is 36.1 Å². The molecule has 4 heteroatoms. The van der Waals surface area contributed by atoms with Gasteiger partial charge in [-0.15, -0.1) is 0 Å². The average Bonchev–Trinajstić information content (AvgIpc) is 2.90. The maximum Gasteiger partial charge on any atom is 0.322 e. The van der Waals surface area contributed by atoms with E-state index < -0.39 is 0 Å². The summed E-state index contributed by atoms with van der Waals surface area (Å²) in [6.45, 7) is 5.49. The van der Waals surface area contributed by atoms with Crippen LogP contribution in [0.4, 0.5) is 10.5 Å². The Hall–Kier alpha value is -2.49. The molecule has 1 aliphatic rings. The average molecular weight is 352 g/mol. The number of likely N-dealkylation sites (tertiary alicyclic amines) is 1. The number of carbonyl (C=O) groups is 1. The van der Waals surface area contributed by atoms with Gasteiger partial charge in [0.05, 0.1) is 12.6 Å². The lowest BCUT2D eigenvalue weighted by molar-refractivity contribution is 0.189. The molecule has 0 bridgehead atoms. The number of ether oxygens (including phenoxy) is 1. The van der Waals surface area contributed by atoms with Gasteiger partial charge in [0.2, 0.25) is 0 Å². The summed E-state index contributed by atoms with van der Waals surface area (Å²) in [7, 11) is 0. The van der Waals surface area contributed by atoms with Gasteiger partial charge in [0.1, 0.15) is 5.75 Å². The van der Waals surface area contributed by atoms with Gasteiger partial charge < -0.3 is 15.0 Å². The number of urea groups is 1. The fourth-order valence-corrected chi connectivity index (χ4v) is 3.57. The third-order valence-corrected chi connectivity index (χ3v) is 4.86. The minimum Gasteiger partial charge on any atom is -0.494 e. The fourth-order valence-electron chi connectivity index (χ4n) is 3.57. The quantitative estimate of drug-likeness (QED) is 0.784. The number of hydrogen-bond acceptors (Lipinski definition) is 2. The number of anilines is 1. The van der Waals surface area contributed by atoms with Crippen LogP contribution in [-0.4, -0.2) is 24.1 Å². The van der Waals surface area contributed by atoms with E-state index in [0.29, 0.717) is 6.61 Å². The lowest BCUT2D eigenvalue weighted by Gasteiger charge is -2.31. The number of aryl methyl sites for hydroxylation is 1. The molecule has 1 aliphatic heterocycles. The first-order valence-electron chi connectivity index (χ1n) is 9.54. The molecule has 1 atom stereocenters. The molecule has 0 aliphatic carbocycles. The molecule has 26 heavy (non-hydrogen) atoms. The summed E-state index contributed by atoms with van der Waals surface area (Å²) in [6.07, 6.45) is 4.40. The van der Waals surface area contributed by atoms with Crippen LogP contribution in [0.1, 0.15) is 49.8 Å². The van der Waals surface area contributed by atoms with E-state index in [-0.39, 0.29) is 12.1 Å². The first-order valence-corrected chi connectivity index (χ1v) is 9.54. The van der Waals surface area contributed by atoms with Crippen molar-refractivity contribution >= 4 is 11.7 Å². The van der Waals surface area contributed by atoms with Gasteiger partial charge in [-0.05, 0) is 56.5 Å². The van der Waals surface area contributed by atoms with Crippen LogP contribution in [-0.2, 0) is 0 Å². The highest BCUT2D eigenvalue weighted by molar-refractivity contribution is 5.89. The highest BCUT2D eigenvalue weighted by atomic mass is 16.5. The molecule has 1 heterocycles. The van der Waals surface area contributed by atoms with Crippen LogP contribution in [0.15, 0.2) is 48.5 Å². The molecule has 2 amide bonds. The molecule has 2 aromatic carbocycles. The molecule has 0 radical (unpaired) electrons. The summed E-state index contributed by atoms with van der Waals surface area (Å²) in [5.41, 5.74) is 3.26. The largest absolute Gasteiger partial charge is 0.494 e. The summed E-state index contributed by atoms with van der Waals surface area (Å²) in [5, 5.41) is 3.05. The zero-order chi connectivity index (χ0) is 18.4. The smallest absolute Gasteiger partial charge is 0.322 e. The molecule has 0 saturated carbocycles. The second kappa shape index (κ2) is 8.75. The molecule has 1 N–H and O–H groups in total. The van der Waals surface area contributed by atoms with Gasteiger partial charge in [0.15, 0.2) is 0 Å². The standard InChI is InChI=1S/C22H28N2O2/c1-3-26-20-13-11-19(12-14-20)23-22(25)24-15-6-4-5-10-21(24)18-9-7-8-17(2)16-18/h7-9,11-14,16,21H,3-6,10,15H2,1-2H3,(H,23,25)/t21-/m1/s1. The van der Waals surface area contributed by atoms with E-state index in [2.05, 4.69) is 36.5 Å². The summed E-state index contributed by atoms with van der Waals surface area (Å²) < 4.78 is 5.46. The van der Waals surface area contributed by atoms with Crippen molar-refractivity contribution in [3.8, 4) is 5.75 Å². The molecule has 1 fully saturated rings. The Balaban J connectivity index is 1.75. The van der Waals surface area contributed by atoms with Crippen LogP contribution in [0.2, 0.25) is 0 Å². The van der Waals surface area contributed by atoms with Gasteiger partial charge >= 0.3 is 6.03 Å². The van der Waals surface area contributed by atoms with E-state index in [4.69, 9.17) is 4.74 Å². The van der Waals surface area contributed by atoms with Crippen LogP contribution in [0.5, 0.6) is 5.75 Å². The minimum absolute atomic E-state index is 0.0254. The molecular formula is C22H28N2O2. The topological polar surface area (TPSA) is 41.6 Å². The van der Waals surface area contributed by atoms with Crippen molar-refractivity contribution in [1.82, 2.24) is 4.90 Å². The monoisotopic (exact) mass is 352 g/mol. The Morgan fingerprint density at radius 3 is 2.69 bits per heavy atom. The minimum atomic E-state index is -0.0254. The third kappa shape index (κ3) is 4.57. The van der Waals surface area contributed by atoms with Crippen LogP contribution in [0.3, 0.4) is 0 Å². The van der Waals surface area contributed by atoms with Gasteiger partial charge in [0.25, 0.3) is 0 Å². The number of benzene rings is 2. The molecule has 0 spiro atoms. The van der Waals surface area contributed by atoms with Gasteiger partial charge in [-0.2, -0.15) is 0 Å². The molecule has 3 rings (SSSR count). The zero-order valence-corrected chi connectivity index (χ0v) is 15.7. The molecule has 0 aromatic heterocycles. The molecular weight excluding hydrogens is 324 g/mol. The second-order valence-electron chi connectivity index (χ2n) is 6.86. The van der Waals surface area contributed by atoms with Crippen molar-refractivity contribution in [2.75, 3.05) is 18.5 Å². The highest BCUT2D eigenvalue weighted by Gasteiger charge is 2.26. The third-order valence-electron chi connectivity index (χ3n) is 4.86. The fraction of sp³-hybridized carbons (Fsp3) is 0.409. The van der Waals surface area contributed by atoms with Gasteiger partial charge in [-0.3, -0.25) is 0 Å². The Labute approximate surface area is 156 Å². The summed E-state index contributed by atoms with van der Waals surface area (Å²) in [6, 6.07) is 16.2. The summed E-state index contributed by atoms with van der Waals surface area (Å²) >= 11 is 0. The van der Waals surface area contributed by atoms with Crippen LogP contribution >= 0.6 is 0 Å². The SMILES string of the molecule is CCOc1ccc(NC(=O)N2CCCCC[C@@H]2c2cccc(C)c2)cc1. The summed E-state index contributed by atoms with van der Waals surface area (Å²) in [4.78, 5) is 15.0. The number of nitrogens with zero attached hydrogens (tertiary/aromatic N) is 1. The normalized spacial score (nSPS) is 17.5. The van der Waals surface area contributed by atoms with E-state index >= 15 is 0 Å². The second-order valence-corrected chi connectivity index (χ2v) is 6.86. The first-order chi connectivity index (χ1) is 12.7. The van der Waals surface area contributed by atoms with Gasteiger partial charge in [-0.1, -0.05) is 42.7 Å². The Morgan fingerprint density at radius 2 is 1.96 bits per heavy atom. The van der Waals surface area contributed by atoms with E-state index in [9.17, 15) is 4.79 Å². The van der Waals surface area contributed by atoms with Gasteiger partial charge in [0, 0.05) is 12.2 Å². The van der Waals surface area contributed by atoms with Crippen molar-refractivity contribution in [3.05, 3.63) is 59.7 Å². The van der Waals surface area contributed by atoms with E-state index in [1.54, 1.807) is 0 Å². The highest BCUT2D eigenvalue weighted by Crippen LogP contribution is 2.31. The lowest BCUT2D eigenvalue weighted by atomic mass is 9.99. The van der Waals surface area contributed by atoms with E-state index in [1.165, 1.54) is 17.5 Å². The predicted octanol–water partition coefficient (Wildman–Crippen LogP) is 5.54. The predicted molar refractivity (Wildman–Crippen MR) is 106 cm³/mol. The maximum absolute atomic E-state index is 13.0. The van der Waals surface area contributed by atoms with Gasteiger partial charge in [-0.25, -0.2) is 4.79 Å². The Kier molecular flexibility index (Phi) is 6.16. The van der Waals surface area contributed by atoms with Crippen LogP contribution < -0.4 is 10.1 Å². The number of amides is 2. The zero-order valence-electron chi connectivity index (χ0n) is 15.7. The molecule has 1 saturated heterocycles. The van der Waals surface area contributed by atoms with Crippen molar-refractivity contribution in [3.63, 3.8) is 0 Å². The van der Waals surface area contributed by atoms with Crippen molar-refractivity contribution < 1.29 is 9.53 Å². The first kappa shape index (κ1) is 18.3. The molecule has 138 valence electrons. The van der Waals surface area contributed by atoms with Crippen molar-refractivity contribution in [2.45, 2.75) is 45.6 Å². The number of hydrogen-bond donors (Lipinski definition) is 1. The summed E-state index contributed by atoms with van der Waals surface area (Å²) in [5.74, 6) is 0.818. The molecule has 4 nitrogen and oxygen atoms in total. The van der Waals surface area contributed by atoms with E-state index in [0.717, 1.165) is 37.2 Å². The van der Waals surface area contributed by atoms with Crippen LogP contribution in [0, 0.1) is 6.92 Å².